The molecule has 0 aliphatic heterocycles. The highest BCUT2D eigenvalue weighted by Gasteiger charge is 2.29. The van der Waals surface area contributed by atoms with Gasteiger partial charge in [-0.1, -0.05) is 0 Å². The number of carboxylic acid groups (broad SMARTS) is 1. The highest BCUT2D eigenvalue weighted by molar-refractivity contribution is 5.93. The van der Waals surface area contributed by atoms with E-state index in [4.69, 9.17) is 17.2 Å². The molecular formula is C16H30N6O7. The maximum Gasteiger partial charge on any atom is 0.326 e. The third-order valence-corrected chi connectivity index (χ3v) is 3.89. The molecule has 0 aromatic heterocycles. The van der Waals surface area contributed by atoms with Crippen molar-refractivity contribution in [2.45, 2.75) is 50.2 Å². The monoisotopic (exact) mass is 418 g/mol. The molecule has 3 atom stereocenters. The fourth-order valence-electron chi connectivity index (χ4n) is 2.30. The van der Waals surface area contributed by atoms with E-state index in [0.29, 0.717) is 19.4 Å². The van der Waals surface area contributed by atoms with Crippen LogP contribution in [-0.4, -0.2) is 77.6 Å². The highest BCUT2D eigenvalue weighted by Crippen LogP contribution is 2.04. The van der Waals surface area contributed by atoms with Crippen LogP contribution < -0.4 is 33.2 Å². The summed E-state index contributed by atoms with van der Waals surface area (Å²) in [5, 5.41) is 25.3. The maximum atomic E-state index is 12.5. The molecule has 13 nitrogen and oxygen atoms in total. The fraction of sp³-hybridized carbons (Fsp3) is 0.688. The fourth-order valence-corrected chi connectivity index (χ4v) is 2.30. The van der Waals surface area contributed by atoms with Crippen molar-refractivity contribution in [1.82, 2.24) is 16.0 Å². The molecule has 29 heavy (non-hydrogen) atoms. The Morgan fingerprint density at radius 1 is 0.828 bits per heavy atom. The van der Waals surface area contributed by atoms with Gasteiger partial charge in [0.05, 0.1) is 13.2 Å². The minimum absolute atomic E-state index is 0.139. The lowest BCUT2D eigenvalue weighted by Crippen LogP contribution is -2.57. The van der Waals surface area contributed by atoms with E-state index in [0.717, 1.165) is 0 Å². The van der Waals surface area contributed by atoms with Crippen molar-refractivity contribution in [3.63, 3.8) is 0 Å². The van der Waals surface area contributed by atoms with Crippen LogP contribution in [0.2, 0.25) is 0 Å². The van der Waals surface area contributed by atoms with Crippen molar-refractivity contribution >= 4 is 29.6 Å². The van der Waals surface area contributed by atoms with Crippen molar-refractivity contribution in [2.75, 3.05) is 19.7 Å². The van der Waals surface area contributed by atoms with E-state index < -0.39 is 60.9 Å². The lowest BCUT2D eigenvalue weighted by molar-refractivity contribution is -0.142. The Labute approximate surface area is 167 Å². The number of carbonyl (C=O) groups excluding carboxylic acids is 4. The Balaban J connectivity index is 5.18. The van der Waals surface area contributed by atoms with Gasteiger partial charge in [0.25, 0.3) is 0 Å². The second-order valence-electron chi connectivity index (χ2n) is 6.26. The summed E-state index contributed by atoms with van der Waals surface area (Å²) in [5.41, 5.74) is 15.6. The smallest absolute Gasteiger partial charge is 0.326 e. The molecule has 0 aromatic rings. The van der Waals surface area contributed by atoms with Crippen LogP contribution in [0.3, 0.4) is 0 Å². The summed E-state index contributed by atoms with van der Waals surface area (Å²) >= 11 is 0. The molecule has 0 aromatic carbocycles. The van der Waals surface area contributed by atoms with Crippen LogP contribution in [0.1, 0.15) is 32.1 Å². The zero-order valence-corrected chi connectivity index (χ0v) is 16.1. The van der Waals surface area contributed by atoms with Gasteiger partial charge in [0, 0.05) is 6.42 Å². The van der Waals surface area contributed by atoms with Crippen molar-refractivity contribution in [1.29, 1.82) is 0 Å². The zero-order valence-electron chi connectivity index (χ0n) is 16.1. The summed E-state index contributed by atoms with van der Waals surface area (Å²) in [5.74, 6) is -4.41. The largest absolute Gasteiger partial charge is 0.480 e. The first-order chi connectivity index (χ1) is 13.7. The summed E-state index contributed by atoms with van der Waals surface area (Å²) in [7, 11) is 0. The van der Waals surface area contributed by atoms with E-state index in [1.807, 2.05) is 0 Å². The van der Waals surface area contributed by atoms with Gasteiger partial charge in [0.15, 0.2) is 0 Å². The molecule has 0 rings (SSSR count). The average Bonchev–Trinajstić information content (AvgIpc) is 2.67. The zero-order chi connectivity index (χ0) is 22.4. The standard InChI is InChI=1S/C16H30N6O7/c17-6-2-1-3-9(21-15(27)11(8-23)20-13(25)7-18)14(26)22-10(16(28)29)4-5-12(19)24/h9-11,23H,1-8,17-18H2,(H2,19,24)(H,20,25)(H,21,27)(H,22,26)(H,28,29). The van der Waals surface area contributed by atoms with Gasteiger partial charge in [-0.2, -0.15) is 0 Å². The number of nitrogens with one attached hydrogen (secondary N) is 3. The number of aliphatic hydroxyl groups excluding tert-OH is 1. The Morgan fingerprint density at radius 3 is 1.90 bits per heavy atom. The number of aliphatic carboxylic acids is 1. The minimum Gasteiger partial charge on any atom is -0.480 e. The Hall–Kier alpha value is -2.77. The lowest BCUT2D eigenvalue weighted by Gasteiger charge is -2.23. The number of amides is 4. The Morgan fingerprint density at radius 2 is 1.41 bits per heavy atom. The van der Waals surface area contributed by atoms with Crippen LogP contribution in [0.5, 0.6) is 0 Å². The SMILES string of the molecule is NCCCCC(NC(=O)C(CO)NC(=O)CN)C(=O)NC(CCC(N)=O)C(=O)O. The van der Waals surface area contributed by atoms with Crippen LogP contribution in [0.4, 0.5) is 0 Å². The Kier molecular flexibility index (Phi) is 12.9. The van der Waals surface area contributed by atoms with Crippen molar-refractivity contribution in [3.05, 3.63) is 0 Å². The van der Waals surface area contributed by atoms with Crippen molar-refractivity contribution < 1.29 is 34.2 Å². The first-order valence-electron chi connectivity index (χ1n) is 9.08. The van der Waals surface area contributed by atoms with Gasteiger partial charge in [-0.3, -0.25) is 19.2 Å². The van der Waals surface area contributed by atoms with Crippen LogP contribution in [0, 0.1) is 0 Å². The van der Waals surface area contributed by atoms with E-state index >= 15 is 0 Å². The van der Waals surface area contributed by atoms with Crippen molar-refractivity contribution in [3.8, 4) is 0 Å². The number of carbonyl (C=O) groups is 5. The average molecular weight is 418 g/mol. The predicted molar refractivity (Wildman–Crippen MR) is 101 cm³/mol. The van der Waals surface area contributed by atoms with Crippen LogP contribution in [-0.2, 0) is 24.0 Å². The number of primary amides is 1. The molecule has 0 aliphatic rings. The molecule has 0 radical (unpaired) electrons. The molecule has 0 saturated heterocycles. The van der Waals surface area contributed by atoms with Crippen molar-refractivity contribution in [2.24, 2.45) is 17.2 Å². The third-order valence-electron chi connectivity index (χ3n) is 3.89. The quantitative estimate of drug-likeness (QED) is 0.120. The number of rotatable bonds is 15. The number of hydrogen-bond donors (Lipinski definition) is 8. The minimum atomic E-state index is -1.38. The van der Waals surface area contributed by atoms with E-state index in [2.05, 4.69) is 16.0 Å². The van der Waals surface area contributed by atoms with E-state index in [1.165, 1.54) is 0 Å². The highest BCUT2D eigenvalue weighted by atomic mass is 16.4. The van der Waals surface area contributed by atoms with Gasteiger partial charge in [0.2, 0.25) is 23.6 Å². The Bertz CT molecular complexity index is 586. The van der Waals surface area contributed by atoms with E-state index in [-0.39, 0.29) is 19.3 Å². The second kappa shape index (κ2) is 14.3. The van der Waals surface area contributed by atoms with Gasteiger partial charge < -0.3 is 43.4 Å². The molecule has 0 saturated carbocycles. The van der Waals surface area contributed by atoms with Gasteiger partial charge in [0.1, 0.15) is 18.1 Å². The molecule has 0 bridgehead atoms. The number of unbranched alkanes of at least 4 members (excludes halogenated alkanes) is 1. The molecule has 0 spiro atoms. The van der Waals surface area contributed by atoms with Crippen LogP contribution >= 0.6 is 0 Å². The van der Waals surface area contributed by atoms with Crippen LogP contribution in [0.15, 0.2) is 0 Å². The first-order valence-corrected chi connectivity index (χ1v) is 9.08. The molecule has 13 heteroatoms. The molecule has 166 valence electrons. The number of nitrogens with two attached hydrogens (primary N) is 3. The number of aliphatic hydroxyl groups is 1. The third kappa shape index (κ3) is 11.0. The summed E-state index contributed by atoms with van der Waals surface area (Å²) in [6.45, 7) is -0.778. The predicted octanol–water partition coefficient (Wildman–Crippen LogP) is -4.13. The van der Waals surface area contributed by atoms with Gasteiger partial charge in [-0.05, 0) is 32.2 Å². The number of carboxylic acids is 1. The number of hydrogen-bond acceptors (Lipinski definition) is 8. The summed E-state index contributed by atoms with van der Waals surface area (Å²) in [6, 6.07) is -3.86. The molecule has 0 aliphatic carbocycles. The van der Waals surface area contributed by atoms with Crippen LogP contribution in [0.25, 0.3) is 0 Å². The summed E-state index contributed by atoms with van der Waals surface area (Å²) in [6.07, 6.45) is 0.675. The second-order valence-corrected chi connectivity index (χ2v) is 6.26. The molecule has 4 amide bonds. The van der Waals surface area contributed by atoms with E-state index in [1.54, 1.807) is 0 Å². The molecule has 0 fully saturated rings. The van der Waals surface area contributed by atoms with Gasteiger partial charge in [-0.15, -0.1) is 0 Å². The van der Waals surface area contributed by atoms with E-state index in [9.17, 15) is 34.2 Å². The lowest BCUT2D eigenvalue weighted by atomic mass is 10.1. The molecule has 3 unspecified atom stereocenters. The topological polar surface area (TPSA) is 240 Å². The molecule has 11 N–H and O–H groups in total. The van der Waals surface area contributed by atoms with Gasteiger partial charge in [-0.25, -0.2) is 4.79 Å². The summed E-state index contributed by atoms with van der Waals surface area (Å²) in [4.78, 5) is 58.3. The maximum absolute atomic E-state index is 12.5. The van der Waals surface area contributed by atoms with Gasteiger partial charge >= 0.3 is 5.97 Å². The first kappa shape index (κ1) is 26.2. The molecular weight excluding hydrogens is 388 g/mol. The summed E-state index contributed by atoms with van der Waals surface area (Å²) < 4.78 is 0. The molecule has 0 heterocycles. The normalized spacial score (nSPS) is 13.6.